The number of alkyl halides is 1. The van der Waals surface area contributed by atoms with Crippen LogP contribution >= 0.6 is 0 Å². The summed E-state index contributed by atoms with van der Waals surface area (Å²) in [5.41, 5.74) is -1.90. The minimum Gasteiger partial charge on any atom is -0.436 e. The van der Waals surface area contributed by atoms with Crippen LogP contribution in [0.1, 0.15) is 52.4 Å². The van der Waals surface area contributed by atoms with Crippen molar-refractivity contribution in [3.63, 3.8) is 0 Å². The SMILES string of the molecule is CCC(C)(F)C(=O)OCOC1C2CC3CC(C2)CC1C3. The molecule has 4 heteroatoms. The molecule has 0 aliphatic heterocycles. The molecule has 0 aromatic carbocycles. The molecule has 0 radical (unpaired) electrons. The Morgan fingerprint density at radius 1 is 1.15 bits per heavy atom. The Kier molecular flexibility index (Phi) is 3.78. The molecule has 1 unspecified atom stereocenters. The van der Waals surface area contributed by atoms with Crippen LogP contribution in [-0.4, -0.2) is 24.5 Å². The second kappa shape index (κ2) is 5.28. The molecule has 4 fully saturated rings. The molecule has 4 rings (SSSR count). The predicted molar refractivity (Wildman–Crippen MR) is 72.7 cm³/mol. The van der Waals surface area contributed by atoms with E-state index in [1.54, 1.807) is 6.92 Å². The lowest BCUT2D eigenvalue weighted by Gasteiger charge is -2.53. The van der Waals surface area contributed by atoms with Crippen LogP contribution in [0.4, 0.5) is 4.39 Å². The second-order valence-corrected chi connectivity index (χ2v) is 7.16. The van der Waals surface area contributed by atoms with Gasteiger partial charge in [-0.25, -0.2) is 9.18 Å². The van der Waals surface area contributed by atoms with Crippen LogP contribution < -0.4 is 0 Å². The summed E-state index contributed by atoms with van der Waals surface area (Å²) in [7, 11) is 0. The van der Waals surface area contributed by atoms with Crippen molar-refractivity contribution in [2.45, 2.75) is 64.1 Å². The number of carbonyl (C=O) groups is 1. The standard InChI is InChI=1S/C16H25FO3/c1-3-16(2,17)15(18)20-9-19-14-12-5-10-4-11(7-12)8-13(14)6-10/h10-14H,3-9H2,1-2H3. The summed E-state index contributed by atoms with van der Waals surface area (Å²) in [5, 5.41) is 0. The molecule has 3 nitrogen and oxygen atoms in total. The summed E-state index contributed by atoms with van der Waals surface area (Å²) < 4.78 is 24.5. The zero-order valence-corrected chi connectivity index (χ0v) is 12.4. The molecule has 0 heterocycles. The van der Waals surface area contributed by atoms with Crippen LogP contribution in [-0.2, 0) is 14.3 Å². The van der Waals surface area contributed by atoms with E-state index in [1.165, 1.54) is 39.0 Å². The number of ether oxygens (including phenoxy) is 2. The Morgan fingerprint density at radius 3 is 2.20 bits per heavy atom. The summed E-state index contributed by atoms with van der Waals surface area (Å²) in [6, 6.07) is 0. The molecular formula is C16H25FO3. The number of carbonyl (C=O) groups excluding carboxylic acids is 1. The fourth-order valence-corrected chi connectivity index (χ4v) is 4.61. The summed E-state index contributed by atoms with van der Waals surface area (Å²) in [4.78, 5) is 11.6. The maximum atomic E-state index is 13.7. The Balaban J connectivity index is 1.49. The summed E-state index contributed by atoms with van der Waals surface area (Å²) in [5.74, 6) is 2.26. The molecule has 0 spiro atoms. The third kappa shape index (κ3) is 2.59. The van der Waals surface area contributed by atoms with E-state index in [1.807, 2.05) is 0 Å². The lowest BCUT2D eigenvalue weighted by Crippen LogP contribution is -2.49. The van der Waals surface area contributed by atoms with Crippen molar-refractivity contribution < 1.29 is 18.7 Å². The fourth-order valence-electron chi connectivity index (χ4n) is 4.61. The van der Waals surface area contributed by atoms with Gasteiger partial charge in [0.1, 0.15) is 0 Å². The minimum absolute atomic E-state index is 0.0919. The largest absolute Gasteiger partial charge is 0.436 e. The first-order valence-electron chi connectivity index (χ1n) is 7.97. The van der Waals surface area contributed by atoms with Gasteiger partial charge >= 0.3 is 5.97 Å². The van der Waals surface area contributed by atoms with Crippen molar-refractivity contribution in [2.24, 2.45) is 23.7 Å². The first-order valence-corrected chi connectivity index (χ1v) is 7.97. The number of esters is 1. The van der Waals surface area contributed by atoms with Crippen LogP contribution in [0.25, 0.3) is 0 Å². The molecule has 0 amide bonds. The number of rotatable bonds is 5. The van der Waals surface area contributed by atoms with Gasteiger partial charge < -0.3 is 9.47 Å². The summed E-state index contributed by atoms with van der Waals surface area (Å²) >= 11 is 0. The minimum atomic E-state index is -1.90. The Labute approximate surface area is 120 Å². The van der Waals surface area contributed by atoms with Crippen molar-refractivity contribution in [1.82, 2.24) is 0 Å². The fraction of sp³-hybridized carbons (Fsp3) is 0.938. The number of hydrogen-bond donors (Lipinski definition) is 0. The molecule has 20 heavy (non-hydrogen) atoms. The van der Waals surface area contributed by atoms with Crippen LogP contribution in [0.3, 0.4) is 0 Å². The lowest BCUT2D eigenvalue weighted by atomic mass is 9.55. The molecule has 0 N–H and O–H groups in total. The molecule has 4 aliphatic carbocycles. The lowest BCUT2D eigenvalue weighted by molar-refractivity contribution is -0.194. The van der Waals surface area contributed by atoms with E-state index < -0.39 is 11.6 Å². The van der Waals surface area contributed by atoms with E-state index in [-0.39, 0.29) is 19.3 Å². The monoisotopic (exact) mass is 284 g/mol. The topological polar surface area (TPSA) is 35.5 Å². The third-order valence-electron chi connectivity index (χ3n) is 5.68. The highest BCUT2D eigenvalue weighted by Crippen LogP contribution is 2.54. The van der Waals surface area contributed by atoms with Gasteiger partial charge in [-0.05, 0) is 69.1 Å². The average Bonchev–Trinajstić information content (AvgIpc) is 2.40. The molecule has 0 aromatic rings. The van der Waals surface area contributed by atoms with Gasteiger partial charge in [-0.15, -0.1) is 0 Å². The van der Waals surface area contributed by atoms with E-state index in [4.69, 9.17) is 9.47 Å². The van der Waals surface area contributed by atoms with E-state index >= 15 is 0 Å². The predicted octanol–water partition coefficient (Wildman–Crippen LogP) is 3.47. The van der Waals surface area contributed by atoms with Crippen molar-refractivity contribution in [3.8, 4) is 0 Å². The maximum absolute atomic E-state index is 13.7. The van der Waals surface area contributed by atoms with Gasteiger partial charge in [0.25, 0.3) is 0 Å². The normalized spacial score (nSPS) is 41.5. The molecule has 4 saturated carbocycles. The van der Waals surface area contributed by atoms with Gasteiger partial charge in [0.05, 0.1) is 6.10 Å². The Hall–Kier alpha value is -0.640. The van der Waals surface area contributed by atoms with Gasteiger partial charge in [0.15, 0.2) is 6.79 Å². The van der Waals surface area contributed by atoms with Crippen LogP contribution in [0.15, 0.2) is 0 Å². The van der Waals surface area contributed by atoms with Gasteiger partial charge in [0, 0.05) is 0 Å². The Morgan fingerprint density at radius 2 is 1.70 bits per heavy atom. The van der Waals surface area contributed by atoms with E-state index in [0.29, 0.717) is 11.8 Å². The smallest absolute Gasteiger partial charge is 0.345 e. The van der Waals surface area contributed by atoms with Crippen molar-refractivity contribution >= 4 is 5.97 Å². The maximum Gasteiger partial charge on any atom is 0.345 e. The highest BCUT2D eigenvalue weighted by molar-refractivity contribution is 5.78. The van der Waals surface area contributed by atoms with Crippen molar-refractivity contribution in [2.75, 3.05) is 6.79 Å². The number of halogens is 1. The first-order chi connectivity index (χ1) is 9.49. The van der Waals surface area contributed by atoms with Gasteiger partial charge in [-0.1, -0.05) is 6.92 Å². The molecule has 114 valence electrons. The van der Waals surface area contributed by atoms with Crippen LogP contribution in [0, 0.1) is 23.7 Å². The average molecular weight is 284 g/mol. The van der Waals surface area contributed by atoms with Gasteiger partial charge in [-0.2, -0.15) is 0 Å². The molecule has 0 aromatic heterocycles. The van der Waals surface area contributed by atoms with Gasteiger partial charge in [0.2, 0.25) is 5.67 Å². The third-order valence-corrected chi connectivity index (χ3v) is 5.68. The molecule has 1 atom stereocenters. The highest BCUT2D eigenvalue weighted by atomic mass is 19.1. The van der Waals surface area contributed by atoms with Crippen LogP contribution in [0.2, 0.25) is 0 Å². The summed E-state index contributed by atoms with van der Waals surface area (Å²) in [6.45, 7) is 2.81. The van der Waals surface area contributed by atoms with Crippen molar-refractivity contribution in [3.05, 3.63) is 0 Å². The van der Waals surface area contributed by atoms with Crippen molar-refractivity contribution in [1.29, 1.82) is 0 Å². The van der Waals surface area contributed by atoms with E-state index in [2.05, 4.69) is 0 Å². The van der Waals surface area contributed by atoms with Crippen LogP contribution in [0.5, 0.6) is 0 Å². The molecule has 0 saturated heterocycles. The first kappa shape index (κ1) is 14.3. The molecule has 4 aliphatic rings. The Bertz CT molecular complexity index is 352. The highest BCUT2D eigenvalue weighted by Gasteiger charge is 2.49. The summed E-state index contributed by atoms with van der Waals surface area (Å²) in [6.07, 6.45) is 6.82. The molecular weight excluding hydrogens is 259 g/mol. The quantitative estimate of drug-likeness (QED) is 0.573. The van der Waals surface area contributed by atoms with Gasteiger partial charge in [-0.3, -0.25) is 0 Å². The zero-order valence-electron chi connectivity index (χ0n) is 12.4. The van der Waals surface area contributed by atoms with E-state index in [0.717, 1.165) is 11.8 Å². The molecule has 4 bridgehead atoms. The number of hydrogen-bond acceptors (Lipinski definition) is 3. The van der Waals surface area contributed by atoms with E-state index in [9.17, 15) is 9.18 Å². The second-order valence-electron chi connectivity index (χ2n) is 7.16. The zero-order chi connectivity index (χ0) is 14.3.